The molecule has 0 fully saturated rings. The molecule has 2 heterocycles. The van der Waals surface area contributed by atoms with E-state index in [4.69, 9.17) is 11.6 Å². The molecule has 0 saturated heterocycles. The van der Waals surface area contributed by atoms with Crippen LogP contribution in [0.3, 0.4) is 0 Å². The van der Waals surface area contributed by atoms with E-state index in [0.29, 0.717) is 18.0 Å². The third kappa shape index (κ3) is 4.13. The minimum atomic E-state index is -0.236. The van der Waals surface area contributed by atoms with E-state index >= 15 is 0 Å². The van der Waals surface area contributed by atoms with E-state index in [1.54, 1.807) is 16.7 Å². The van der Waals surface area contributed by atoms with Crippen molar-refractivity contribution in [1.82, 2.24) is 14.0 Å². The Kier molecular flexibility index (Phi) is 5.93. The highest BCUT2D eigenvalue weighted by atomic mass is 35.5. The topological polar surface area (TPSA) is 47.2 Å². The second-order valence-corrected chi connectivity index (χ2v) is 8.57. The van der Waals surface area contributed by atoms with Gasteiger partial charge in [0.05, 0.1) is 12.1 Å². The maximum absolute atomic E-state index is 13.4. The molecule has 1 aliphatic heterocycles. The van der Waals surface area contributed by atoms with Gasteiger partial charge in [0.1, 0.15) is 0 Å². The number of rotatable bonds is 5. The first-order valence-electron chi connectivity index (χ1n) is 10.3. The summed E-state index contributed by atoms with van der Waals surface area (Å²) in [6, 6.07) is 17.5. The molecule has 6 heteroatoms. The molecular weight excluding hydrogens is 398 g/mol. The zero-order valence-corrected chi connectivity index (χ0v) is 18.1. The van der Waals surface area contributed by atoms with Gasteiger partial charge in [-0.3, -0.25) is 18.8 Å². The molecule has 0 atom stereocenters. The summed E-state index contributed by atoms with van der Waals surface area (Å²) >= 11 is 5.98. The molecule has 1 aliphatic rings. The lowest BCUT2D eigenvalue weighted by molar-refractivity contribution is 0.234. The van der Waals surface area contributed by atoms with Crippen molar-refractivity contribution in [3.63, 3.8) is 0 Å². The minimum Gasteiger partial charge on any atom is -0.295 e. The van der Waals surface area contributed by atoms with Crippen LogP contribution in [0.15, 0.2) is 64.2 Å². The average Bonchev–Trinajstić information content (AvgIpc) is 2.73. The summed E-state index contributed by atoms with van der Waals surface area (Å²) < 4.78 is 3.17. The summed E-state index contributed by atoms with van der Waals surface area (Å²) in [5.41, 5.74) is 3.31. The van der Waals surface area contributed by atoms with E-state index in [1.165, 1.54) is 10.1 Å². The van der Waals surface area contributed by atoms with Crippen LogP contribution in [0.1, 0.15) is 42.3 Å². The molecule has 2 aromatic carbocycles. The van der Waals surface area contributed by atoms with Gasteiger partial charge in [-0.05, 0) is 37.1 Å². The normalized spacial score (nSPS) is 14.1. The Hall–Kier alpha value is -2.63. The van der Waals surface area contributed by atoms with Crippen LogP contribution in [-0.2, 0) is 26.1 Å². The van der Waals surface area contributed by atoms with Crippen molar-refractivity contribution in [3.05, 3.63) is 103 Å². The van der Waals surface area contributed by atoms with Crippen molar-refractivity contribution < 1.29 is 0 Å². The molecule has 0 N–H and O–H groups in total. The van der Waals surface area contributed by atoms with E-state index in [1.807, 2.05) is 44.2 Å². The lowest BCUT2D eigenvalue weighted by Crippen LogP contribution is -2.48. The molecule has 0 amide bonds. The number of nitrogens with zero attached hydrogens (tertiary/aromatic N) is 3. The number of aromatic nitrogens is 2. The van der Waals surface area contributed by atoms with Gasteiger partial charge in [-0.15, -0.1) is 0 Å². The third-order valence-electron chi connectivity index (χ3n) is 5.65. The van der Waals surface area contributed by atoms with Crippen LogP contribution in [0.4, 0.5) is 0 Å². The highest BCUT2D eigenvalue weighted by Gasteiger charge is 2.26. The highest BCUT2D eigenvalue weighted by Crippen LogP contribution is 2.20. The quantitative estimate of drug-likeness (QED) is 0.626. The van der Waals surface area contributed by atoms with Crippen molar-refractivity contribution >= 4 is 11.6 Å². The fourth-order valence-corrected chi connectivity index (χ4v) is 4.31. The van der Waals surface area contributed by atoms with Crippen LogP contribution >= 0.6 is 11.6 Å². The van der Waals surface area contributed by atoms with E-state index in [-0.39, 0.29) is 23.8 Å². The molecule has 0 bridgehead atoms. The summed E-state index contributed by atoms with van der Waals surface area (Å²) in [5.74, 6) is 0. The van der Waals surface area contributed by atoms with E-state index in [0.717, 1.165) is 29.9 Å². The smallest absolute Gasteiger partial charge is 0.295 e. The molecule has 30 heavy (non-hydrogen) atoms. The first-order valence-corrected chi connectivity index (χ1v) is 10.7. The van der Waals surface area contributed by atoms with Gasteiger partial charge in [0, 0.05) is 42.8 Å². The van der Waals surface area contributed by atoms with Crippen molar-refractivity contribution in [3.8, 4) is 0 Å². The summed E-state index contributed by atoms with van der Waals surface area (Å²) in [4.78, 5) is 28.9. The highest BCUT2D eigenvalue weighted by molar-refractivity contribution is 6.30. The van der Waals surface area contributed by atoms with Crippen molar-refractivity contribution in [2.45, 2.75) is 45.9 Å². The Labute approximate surface area is 181 Å². The fraction of sp³-hybridized carbons (Fsp3) is 0.333. The van der Waals surface area contributed by atoms with Crippen LogP contribution < -0.4 is 11.2 Å². The first kappa shape index (κ1) is 20.6. The molecule has 0 aliphatic carbocycles. The Morgan fingerprint density at radius 3 is 2.27 bits per heavy atom. The number of hydrogen-bond donors (Lipinski definition) is 0. The number of hydrogen-bond acceptors (Lipinski definition) is 3. The Morgan fingerprint density at radius 1 is 0.933 bits per heavy atom. The lowest BCUT2D eigenvalue weighted by Gasteiger charge is -2.31. The molecule has 5 nitrogen and oxygen atoms in total. The molecule has 1 aromatic heterocycles. The lowest BCUT2D eigenvalue weighted by atomic mass is 10.0. The molecule has 0 radical (unpaired) electrons. The van der Waals surface area contributed by atoms with Crippen LogP contribution in [0.2, 0.25) is 5.02 Å². The largest absolute Gasteiger partial charge is 0.331 e. The third-order valence-corrected chi connectivity index (χ3v) is 5.90. The maximum atomic E-state index is 13.4. The Balaban J connectivity index is 1.73. The van der Waals surface area contributed by atoms with Crippen molar-refractivity contribution in [2.75, 3.05) is 6.54 Å². The summed E-state index contributed by atoms with van der Waals surface area (Å²) in [6.45, 7) is 6.40. The monoisotopic (exact) mass is 423 g/mol. The van der Waals surface area contributed by atoms with E-state index in [9.17, 15) is 9.59 Å². The predicted molar refractivity (Wildman–Crippen MR) is 120 cm³/mol. The van der Waals surface area contributed by atoms with Gasteiger partial charge in [-0.25, -0.2) is 4.79 Å². The standard InChI is InChI=1S/C24H26ClN3O2/c1-17(2)28-22-12-13-26(14-18-6-4-3-5-7-18)16-21(22)23(29)27(24(28)30)15-19-8-10-20(25)11-9-19/h3-11,17H,12-16H2,1-2H3. The number of halogens is 1. The Bertz CT molecular complexity index is 1150. The van der Waals surface area contributed by atoms with E-state index < -0.39 is 0 Å². The molecule has 4 rings (SSSR count). The molecular formula is C24H26ClN3O2. The fourth-order valence-electron chi connectivity index (χ4n) is 4.18. The van der Waals surface area contributed by atoms with Gasteiger partial charge >= 0.3 is 5.69 Å². The van der Waals surface area contributed by atoms with Gasteiger partial charge < -0.3 is 0 Å². The molecule has 0 spiro atoms. The van der Waals surface area contributed by atoms with Gasteiger partial charge in [0.15, 0.2) is 0 Å². The van der Waals surface area contributed by atoms with Crippen LogP contribution in [0.25, 0.3) is 0 Å². The van der Waals surface area contributed by atoms with Crippen LogP contribution in [0.5, 0.6) is 0 Å². The molecule has 3 aromatic rings. The summed E-state index contributed by atoms with van der Waals surface area (Å²) in [7, 11) is 0. The molecule has 0 saturated carbocycles. The zero-order chi connectivity index (χ0) is 21.3. The van der Waals surface area contributed by atoms with Gasteiger partial charge in [0.25, 0.3) is 5.56 Å². The summed E-state index contributed by atoms with van der Waals surface area (Å²) in [6.07, 6.45) is 0.701. The zero-order valence-electron chi connectivity index (χ0n) is 17.3. The number of fused-ring (bicyclic) bond motifs is 1. The second-order valence-electron chi connectivity index (χ2n) is 8.14. The van der Waals surface area contributed by atoms with Gasteiger partial charge in [-0.2, -0.15) is 0 Å². The summed E-state index contributed by atoms with van der Waals surface area (Å²) in [5, 5.41) is 0.632. The van der Waals surface area contributed by atoms with Gasteiger partial charge in [-0.1, -0.05) is 54.1 Å². The van der Waals surface area contributed by atoms with Crippen LogP contribution in [0, 0.1) is 0 Å². The van der Waals surface area contributed by atoms with Gasteiger partial charge in [0.2, 0.25) is 0 Å². The second kappa shape index (κ2) is 8.62. The van der Waals surface area contributed by atoms with Crippen molar-refractivity contribution in [2.24, 2.45) is 0 Å². The number of benzene rings is 2. The van der Waals surface area contributed by atoms with Crippen LogP contribution in [-0.4, -0.2) is 20.6 Å². The molecule has 0 unspecified atom stereocenters. The molecule has 156 valence electrons. The minimum absolute atomic E-state index is 0.0102. The maximum Gasteiger partial charge on any atom is 0.331 e. The SMILES string of the molecule is CC(C)n1c2c(c(=O)n(Cc3ccc(Cl)cc3)c1=O)CN(Cc1ccccc1)CC2. The predicted octanol–water partition coefficient (Wildman–Crippen LogP) is 3.85. The Morgan fingerprint density at radius 2 is 1.60 bits per heavy atom. The van der Waals surface area contributed by atoms with Crippen molar-refractivity contribution in [1.29, 1.82) is 0 Å². The average molecular weight is 424 g/mol. The van der Waals surface area contributed by atoms with E-state index in [2.05, 4.69) is 17.0 Å². The first-order chi connectivity index (χ1) is 14.4.